The molecular weight excluding hydrogens is 178 g/mol. The van der Waals surface area contributed by atoms with E-state index < -0.39 is 0 Å². The highest BCUT2D eigenvalue weighted by molar-refractivity contribution is 6.32. The number of carbonyl (C=O) groups is 1. The van der Waals surface area contributed by atoms with Gasteiger partial charge in [-0.05, 0) is 13.0 Å². The number of Topliss-reactive ketones (excluding diaryl/α,β-unsaturated/α-hetero) is 1. The molecule has 3 nitrogen and oxygen atoms in total. The molecule has 0 atom stereocenters. The molecule has 0 bridgehead atoms. The molecule has 1 aromatic heterocycles. The molecule has 0 aliphatic carbocycles. The zero-order valence-electron chi connectivity index (χ0n) is 6.80. The number of ketones is 1. The number of pyridine rings is 1. The van der Waals surface area contributed by atoms with E-state index in [9.17, 15) is 4.79 Å². The van der Waals surface area contributed by atoms with Gasteiger partial charge in [-0.3, -0.25) is 4.79 Å². The van der Waals surface area contributed by atoms with E-state index in [1.54, 1.807) is 0 Å². The molecule has 12 heavy (non-hydrogen) atoms. The Kier molecular flexibility index (Phi) is 2.65. The van der Waals surface area contributed by atoms with Crippen LogP contribution in [0.25, 0.3) is 0 Å². The summed E-state index contributed by atoms with van der Waals surface area (Å²) in [6.45, 7) is 1.46. The van der Waals surface area contributed by atoms with Crippen LogP contribution >= 0.6 is 11.6 Å². The molecular formula is C8H8ClNO2. The first kappa shape index (κ1) is 9.00. The SMILES string of the molecule is COc1ncc(C(C)=O)cc1Cl. The highest BCUT2D eigenvalue weighted by Gasteiger charge is 2.05. The second-order valence-electron chi connectivity index (χ2n) is 2.27. The monoisotopic (exact) mass is 185 g/mol. The Hall–Kier alpha value is -1.09. The van der Waals surface area contributed by atoms with Crippen molar-refractivity contribution >= 4 is 17.4 Å². The lowest BCUT2D eigenvalue weighted by molar-refractivity contribution is 0.101. The van der Waals surface area contributed by atoms with Gasteiger partial charge in [-0.25, -0.2) is 4.98 Å². The summed E-state index contributed by atoms with van der Waals surface area (Å²) in [5, 5.41) is 0.352. The lowest BCUT2D eigenvalue weighted by Crippen LogP contribution is -1.95. The second-order valence-corrected chi connectivity index (χ2v) is 2.68. The normalized spacial score (nSPS) is 9.58. The Labute approximate surface area is 75.3 Å². The van der Waals surface area contributed by atoms with Crippen LogP contribution in [0.2, 0.25) is 5.02 Å². The fourth-order valence-corrected chi connectivity index (χ4v) is 1.01. The minimum absolute atomic E-state index is 0.0629. The van der Waals surface area contributed by atoms with Crippen LogP contribution in [0.4, 0.5) is 0 Å². The number of hydrogen-bond donors (Lipinski definition) is 0. The van der Waals surface area contributed by atoms with Crippen LogP contribution in [0.5, 0.6) is 5.88 Å². The Bertz CT molecular complexity index is 312. The second kappa shape index (κ2) is 3.54. The maximum Gasteiger partial charge on any atom is 0.232 e. The summed E-state index contributed by atoms with van der Waals surface area (Å²) >= 11 is 5.73. The van der Waals surface area contributed by atoms with Gasteiger partial charge in [0, 0.05) is 11.8 Å². The molecule has 0 radical (unpaired) electrons. The highest BCUT2D eigenvalue weighted by Crippen LogP contribution is 2.21. The third-order valence-electron chi connectivity index (χ3n) is 1.41. The van der Waals surface area contributed by atoms with Crippen molar-refractivity contribution in [2.75, 3.05) is 7.11 Å². The van der Waals surface area contributed by atoms with Crippen molar-refractivity contribution in [3.8, 4) is 5.88 Å². The van der Waals surface area contributed by atoms with Crippen molar-refractivity contribution in [2.45, 2.75) is 6.92 Å². The molecule has 0 aliphatic rings. The summed E-state index contributed by atoms with van der Waals surface area (Å²) in [7, 11) is 1.47. The largest absolute Gasteiger partial charge is 0.480 e. The van der Waals surface area contributed by atoms with Gasteiger partial charge in [-0.2, -0.15) is 0 Å². The predicted molar refractivity (Wildman–Crippen MR) is 45.8 cm³/mol. The Morgan fingerprint density at radius 2 is 2.33 bits per heavy atom. The van der Waals surface area contributed by atoms with Crippen LogP contribution < -0.4 is 4.74 Å². The minimum Gasteiger partial charge on any atom is -0.480 e. The molecule has 0 N–H and O–H groups in total. The summed E-state index contributed by atoms with van der Waals surface area (Å²) in [4.78, 5) is 14.7. The van der Waals surface area contributed by atoms with Crippen molar-refractivity contribution in [3.05, 3.63) is 22.8 Å². The van der Waals surface area contributed by atoms with Gasteiger partial charge in [0.05, 0.1) is 7.11 Å². The zero-order chi connectivity index (χ0) is 9.14. The minimum atomic E-state index is -0.0629. The van der Waals surface area contributed by atoms with Crippen LogP contribution in [0.1, 0.15) is 17.3 Å². The van der Waals surface area contributed by atoms with Gasteiger partial charge in [0.25, 0.3) is 0 Å². The first-order chi connectivity index (χ1) is 5.65. The molecule has 4 heteroatoms. The predicted octanol–water partition coefficient (Wildman–Crippen LogP) is 1.95. The molecule has 0 saturated heterocycles. The first-order valence-electron chi connectivity index (χ1n) is 3.35. The maximum absolute atomic E-state index is 10.9. The molecule has 1 rings (SSSR count). The first-order valence-corrected chi connectivity index (χ1v) is 3.73. The molecule has 0 unspecified atom stereocenters. The average molecular weight is 186 g/mol. The fourth-order valence-electron chi connectivity index (χ4n) is 0.768. The molecule has 0 amide bonds. The summed E-state index contributed by atoms with van der Waals surface area (Å²) in [6.07, 6.45) is 1.44. The van der Waals surface area contributed by atoms with Gasteiger partial charge < -0.3 is 4.74 Å². The summed E-state index contributed by atoms with van der Waals surface area (Å²) < 4.78 is 4.83. The van der Waals surface area contributed by atoms with Crippen LogP contribution in [0, 0.1) is 0 Å². The number of hydrogen-bond acceptors (Lipinski definition) is 3. The lowest BCUT2D eigenvalue weighted by Gasteiger charge is -2.01. The van der Waals surface area contributed by atoms with Crippen molar-refractivity contribution in [2.24, 2.45) is 0 Å². The van der Waals surface area contributed by atoms with E-state index in [1.165, 1.54) is 26.3 Å². The maximum atomic E-state index is 10.9. The van der Waals surface area contributed by atoms with Gasteiger partial charge in [-0.1, -0.05) is 11.6 Å². The smallest absolute Gasteiger partial charge is 0.232 e. The third-order valence-corrected chi connectivity index (χ3v) is 1.68. The molecule has 0 spiro atoms. The average Bonchev–Trinajstić information content (AvgIpc) is 2.04. The van der Waals surface area contributed by atoms with Gasteiger partial charge in [0.15, 0.2) is 5.78 Å². The topological polar surface area (TPSA) is 39.2 Å². The lowest BCUT2D eigenvalue weighted by atomic mass is 10.2. The van der Waals surface area contributed by atoms with Crippen LogP contribution in [0.15, 0.2) is 12.3 Å². The molecule has 1 aromatic rings. The van der Waals surface area contributed by atoms with E-state index in [-0.39, 0.29) is 5.78 Å². The standard InChI is InChI=1S/C8H8ClNO2/c1-5(11)6-3-7(9)8(12-2)10-4-6/h3-4H,1-2H3. The van der Waals surface area contributed by atoms with Crippen LogP contribution in [-0.4, -0.2) is 17.9 Å². The molecule has 0 fully saturated rings. The number of rotatable bonds is 2. The number of aromatic nitrogens is 1. The summed E-state index contributed by atoms with van der Waals surface area (Å²) in [5.74, 6) is 0.272. The number of carbonyl (C=O) groups excluding carboxylic acids is 1. The Morgan fingerprint density at radius 1 is 1.67 bits per heavy atom. The van der Waals surface area contributed by atoms with Gasteiger partial charge in [-0.15, -0.1) is 0 Å². The molecule has 0 saturated carbocycles. The van der Waals surface area contributed by atoms with E-state index >= 15 is 0 Å². The van der Waals surface area contributed by atoms with Crippen LogP contribution in [-0.2, 0) is 0 Å². The quantitative estimate of drug-likeness (QED) is 0.661. The number of nitrogens with zero attached hydrogens (tertiary/aromatic N) is 1. The van der Waals surface area contributed by atoms with Crippen molar-refractivity contribution in [1.29, 1.82) is 0 Å². The van der Waals surface area contributed by atoms with Crippen molar-refractivity contribution in [3.63, 3.8) is 0 Å². The van der Waals surface area contributed by atoms with Crippen molar-refractivity contribution in [1.82, 2.24) is 4.98 Å². The number of ether oxygens (including phenoxy) is 1. The number of methoxy groups -OCH3 is 1. The zero-order valence-corrected chi connectivity index (χ0v) is 7.55. The van der Waals surface area contributed by atoms with E-state index in [1.807, 2.05) is 0 Å². The summed E-state index contributed by atoms with van der Waals surface area (Å²) in [6, 6.07) is 1.54. The third kappa shape index (κ3) is 1.74. The van der Waals surface area contributed by atoms with E-state index in [4.69, 9.17) is 16.3 Å². The van der Waals surface area contributed by atoms with Crippen molar-refractivity contribution < 1.29 is 9.53 Å². The Morgan fingerprint density at radius 3 is 2.75 bits per heavy atom. The highest BCUT2D eigenvalue weighted by atomic mass is 35.5. The van der Waals surface area contributed by atoms with E-state index in [0.29, 0.717) is 16.5 Å². The Balaban J connectivity index is 3.10. The van der Waals surface area contributed by atoms with Gasteiger partial charge >= 0.3 is 0 Å². The van der Waals surface area contributed by atoms with E-state index in [2.05, 4.69) is 4.98 Å². The van der Waals surface area contributed by atoms with Gasteiger partial charge in [0.2, 0.25) is 5.88 Å². The molecule has 1 heterocycles. The van der Waals surface area contributed by atoms with E-state index in [0.717, 1.165) is 0 Å². The molecule has 0 aromatic carbocycles. The fraction of sp³-hybridized carbons (Fsp3) is 0.250. The molecule has 0 aliphatic heterocycles. The van der Waals surface area contributed by atoms with Gasteiger partial charge in [0.1, 0.15) is 5.02 Å². The summed E-state index contributed by atoms with van der Waals surface area (Å²) in [5.41, 5.74) is 0.487. The number of halogens is 1. The van der Waals surface area contributed by atoms with Crippen LogP contribution in [0.3, 0.4) is 0 Å². The molecule has 64 valence electrons.